The molecule has 1 aliphatic rings. The Balaban J connectivity index is 1.56. The fourth-order valence-electron chi connectivity index (χ4n) is 2.56. The third-order valence-electron chi connectivity index (χ3n) is 4.16. The summed E-state index contributed by atoms with van der Waals surface area (Å²) in [5.74, 6) is 1.00. The highest BCUT2D eigenvalue weighted by atomic mass is 16.5. The lowest BCUT2D eigenvalue weighted by Gasteiger charge is -2.11. The number of ether oxygens (including phenoxy) is 1. The van der Waals surface area contributed by atoms with Gasteiger partial charge in [-0.3, -0.25) is 9.59 Å². The molecule has 3 rings (SSSR count). The third-order valence-corrected chi connectivity index (χ3v) is 4.16. The summed E-state index contributed by atoms with van der Waals surface area (Å²) in [5, 5.41) is 16.6. The minimum Gasteiger partial charge on any atom is -0.494 e. The first-order valence-electron chi connectivity index (χ1n) is 8.07. The van der Waals surface area contributed by atoms with Crippen molar-refractivity contribution < 1.29 is 14.3 Å². The van der Waals surface area contributed by atoms with Gasteiger partial charge in [0.15, 0.2) is 0 Å². The second-order valence-corrected chi connectivity index (χ2v) is 6.05. The quantitative estimate of drug-likeness (QED) is 0.767. The van der Waals surface area contributed by atoms with Crippen LogP contribution in [0.1, 0.15) is 19.8 Å². The van der Waals surface area contributed by atoms with Crippen molar-refractivity contribution in [3.63, 3.8) is 0 Å². The number of amides is 2. The van der Waals surface area contributed by atoms with Crippen LogP contribution in [0.4, 0.5) is 5.69 Å². The highest BCUT2D eigenvalue weighted by molar-refractivity contribution is 5.91. The van der Waals surface area contributed by atoms with Gasteiger partial charge in [-0.2, -0.15) is 4.68 Å². The zero-order valence-corrected chi connectivity index (χ0v) is 14.1. The van der Waals surface area contributed by atoms with Gasteiger partial charge in [0.05, 0.1) is 7.11 Å². The number of benzene rings is 1. The van der Waals surface area contributed by atoms with Crippen molar-refractivity contribution in [3.8, 4) is 11.4 Å². The molecule has 2 N–H and O–H groups in total. The number of nitrogens with one attached hydrogen (secondary N) is 2. The standard InChI is InChI=1S/C16H20N6O3/c1-10-7-12(10)16(24)17-6-5-15(23)19-11-3-4-14(25-2)13(8-11)22-9-18-20-21-22/h3-4,8-10,12H,5-7H2,1-2H3,(H,17,24)(H,19,23)/t10-,12+/m0/s1. The number of methoxy groups -OCH3 is 1. The van der Waals surface area contributed by atoms with Crippen molar-refractivity contribution in [1.82, 2.24) is 25.5 Å². The zero-order chi connectivity index (χ0) is 17.8. The fraction of sp³-hybridized carbons (Fsp3) is 0.438. The van der Waals surface area contributed by atoms with Gasteiger partial charge in [-0.15, -0.1) is 5.10 Å². The van der Waals surface area contributed by atoms with Gasteiger partial charge in [-0.05, 0) is 41.0 Å². The molecule has 9 nitrogen and oxygen atoms in total. The van der Waals surface area contributed by atoms with Crippen LogP contribution in [-0.4, -0.2) is 45.7 Å². The Morgan fingerprint density at radius 3 is 2.84 bits per heavy atom. The van der Waals surface area contributed by atoms with E-state index in [0.717, 1.165) is 6.42 Å². The van der Waals surface area contributed by atoms with E-state index in [1.54, 1.807) is 25.3 Å². The van der Waals surface area contributed by atoms with Crippen LogP contribution in [0.15, 0.2) is 24.5 Å². The van der Waals surface area contributed by atoms with Crippen LogP contribution >= 0.6 is 0 Å². The molecule has 9 heteroatoms. The largest absolute Gasteiger partial charge is 0.494 e. The maximum Gasteiger partial charge on any atom is 0.226 e. The first-order valence-corrected chi connectivity index (χ1v) is 8.07. The summed E-state index contributed by atoms with van der Waals surface area (Å²) in [6.07, 6.45) is 2.58. The number of carbonyl (C=O) groups excluding carboxylic acids is 2. The maximum atomic E-state index is 12.1. The number of tetrazole rings is 1. The second-order valence-electron chi connectivity index (χ2n) is 6.05. The average Bonchev–Trinajstić information content (AvgIpc) is 3.10. The summed E-state index contributed by atoms with van der Waals surface area (Å²) in [7, 11) is 1.55. The molecule has 0 bridgehead atoms. The number of hydrogen-bond donors (Lipinski definition) is 2. The molecule has 0 radical (unpaired) electrons. The van der Waals surface area contributed by atoms with Crippen molar-refractivity contribution in [3.05, 3.63) is 24.5 Å². The molecule has 1 heterocycles. The Morgan fingerprint density at radius 2 is 2.20 bits per heavy atom. The Hall–Kier alpha value is -2.97. The molecule has 0 aliphatic heterocycles. The lowest BCUT2D eigenvalue weighted by atomic mass is 10.2. The van der Waals surface area contributed by atoms with Gasteiger partial charge < -0.3 is 15.4 Å². The summed E-state index contributed by atoms with van der Waals surface area (Å²) in [6.45, 7) is 2.37. The van der Waals surface area contributed by atoms with Gasteiger partial charge in [-0.25, -0.2) is 0 Å². The van der Waals surface area contributed by atoms with Crippen LogP contribution in [0.3, 0.4) is 0 Å². The number of nitrogens with zero attached hydrogens (tertiary/aromatic N) is 4. The molecular formula is C16H20N6O3. The summed E-state index contributed by atoms with van der Waals surface area (Å²) in [5.41, 5.74) is 1.21. The molecule has 1 aromatic carbocycles. The van der Waals surface area contributed by atoms with E-state index in [9.17, 15) is 9.59 Å². The van der Waals surface area contributed by atoms with Crippen LogP contribution in [0.2, 0.25) is 0 Å². The zero-order valence-electron chi connectivity index (χ0n) is 14.1. The molecule has 2 amide bonds. The van der Waals surface area contributed by atoms with E-state index in [1.807, 2.05) is 6.92 Å². The first kappa shape index (κ1) is 16.9. The number of aromatic nitrogens is 4. The van der Waals surface area contributed by atoms with Crippen molar-refractivity contribution >= 4 is 17.5 Å². The molecule has 132 valence electrons. The maximum absolute atomic E-state index is 12.1. The number of anilines is 1. The SMILES string of the molecule is COc1ccc(NC(=O)CCNC(=O)[C@@H]2C[C@@H]2C)cc1-n1cnnn1. The van der Waals surface area contributed by atoms with Gasteiger partial charge in [-0.1, -0.05) is 6.92 Å². The Labute approximate surface area is 144 Å². The van der Waals surface area contributed by atoms with Gasteiger partial charge >= 0.3 is 0 Å². The summed E-state index contributed by atoms with van der Waals surface area (Å²) >= 11 is 0. The molecule has 1 fully saturated rings. The Bertz CT molecular complexity index is 761. The molecule has 1 saturated carbocycles. The molecule has 2 aromatic rings. The van der Waals surface area contributed by atoms with E-state index in [2.05, 4.69) is 26.2 Å². The van der Waals surface area contributed by atoms with Crippen LogP contribution < -0.4 is 15.4 Å². The normalized spacial score (nSPS) is 18.5. The molecule has 25 heavy (non-hydrogen) atoms. The molecular weight excluding hydrogens is 324 g/mol. The predicted molar refractivity (Wildman–Crippen MR) is 89.2 cm³/mol. The minimum absolute atomic E-state index is 0.0331. The first-order chi connectivity index (χ1) is 12.1. The Morgan fingerprint density at radius 1 is 1.40 bits per heavy atom. The van der Waals surface area contributed by atoms with Crippen molar-refractivity contribution in [2.75, 3.05) is 19.0 Å². The molecule has 0 spiro atoms. The Kier molecular flexibility index (Phi) is 4.92. The third kappa shape index (κ3) is 4.11. The smallest absolute Gasteiger partial charge is 0.226 e. The topological polar surface area (TPSA) is 111 Å². The molecule has 2 atom stereocenters. The molecule has 0 unspecified atom stereocenters. The second kappa shape index (κ2) is 7.29. The summed E-state index contributed by atoms with van der Waals surface area (Å²) in [4.78, 5) is 23.8. The molecule has 1 aliphatic carbocycles. The van der Waals surface area contributed by atoms with Crippen LogP contribution in [0.25, 0.3) is 5.69 Å². The number of rotatable bonds is 7. The van der Waals surface area contributed by atoms with Crippen molar-refractivity contribution in [2.45, 2.75) is 19.8 Å². The number of hydrogen-bond acceptors (Lipinski definition) is 6. The highest BCUT2D eigenvalue weighted by Crippen LogP contribution is 2.37. The molecule has 0 saturated heterocycles. The van der Waals surface area contributed by atoms with Gasteiger partial charge in [0.1, 0.15) is 17.8 Å². The summed E-state index contributed by atoms with van der Waals surface area (Å²) in [6, 6.07) is 5.18. The average molecular weight is 344 g/mol. The number of carbonyl (C=O) groups is 2. The van der Waals surface area contributed by atoms with Gasteiger partial charge in [0.25, 0.3) is 0 Å². The van der Waals surface area contributed by atoms with Crippen molar-refractivity contribution in [1.29, 1.82) is 0 Å². The van der Waals surface area contributed by atoms with E-state index in [0.29, 0.717) is 29.6 Å². The fourth-order valence-corrected chi connectivity index (χ4v) is 2.56. The van der Waals surface area contributed by atoms with E-state index in [-0.39, 0.29) is 24.2 Å². The van der Waals surface area contributed by atoms with E-state index in [1.165, 1.54) is 11.0 Å². The lowest BCUT2D eigenvalue weighted by Crippen LogP contribution is -2.29. The highest BCUT2D eigenvalue weighted by Gasteiger charge is 2.38. The lowest BCUT2D eigenvalue weighted by molar-refractivity contribution is -0.122. The van der Waals surface area contributed by atoms with Crippen LogP contribution in [0.5, 0.6) is 5.75 Å². The minimum atomic E-state index is -0.183. The van der Waals surface area contributed by atoms with Crippen LogP contribution in [-0.2, 0) is 9.59 Å². The van der Waals surface area contributed by atoms with E-state index >= 15 is 0 Å². The van der Waals surface area contributed by atoms with E-state index < -0.39 is 0 Å². The van der Waals surface area contributed by atoms with Gasteiger partial charge in [0, 0.05) is 24.6 Å². The summed E-state index contributed by atoms with van der Waals surface area (Å²) < 4.78 is 6.73. The predicted octanol–water partition coefficient (Wildman–Crippen LogP) is 0.772. The van der Waals surface area contributed by atoms with Crippen LogP contribution in [0, 0.1) is 11.8 Å². The van der Waals surface area contributed by atoms with Crippen molar-refractivity contribution in [2.24, 2.45) is 11.8 Å². The van der Waals surface area contributed by atoms with E-state index in [4.69, 9.17) is 4.74 Å². The van der Waals surface area contributed by atoms with Gasteiger partial charge in [0.2, 0.25) is 11.8 Å². The molecule has 1 aromatic heterocycles. The monoisotopic (exact) mass is 344 g/mol.